The molecule has 2 heteroatoms. The lowest BCUT2D eigenvalue weighted by Crippen LogP contribution is -2.36. The lowest BCUT2D eigenvalue weighted by molar-refractivity contribution is 0.168. The Labute approximate surface area is 108 Å². The standard InChI is InChI=1S/C15H32N2/c1-4-10-16-14(3)8-6-11-17-12-7-9-15(5-2)13-17/h14-16H,4-13H2,1-3H3. The van der Waals surface area contributed by atoms with Crippen LogP contribution >= 0.6 is 0 Å². The zero-order valence-electron chi connectivity index (χ0n) is 12.2. The molecule has 1 N–H and O–H groups in total. The maximum Gasteiger partial charge on any atom is 0.00391 e. The maximum absolute atomic E-state index is 3.57. The Morgan fingerprint density at radius 1 is 1.35 bits per heavy atom. The highest BCUT2D eigenvalue weighted by Crippen LogP contribution is 2.19. The van der Waals surface area contributed by atoms with Crippen molar-refractivity contribution in [1.82, 2.24) is 10.2 Å². The van der Waals surface area contributed by atoms with E-state index in [1.54, 1.807) is 0 Å². The zero-order chi connectivity index (χ0) is 12.5. The molecule has 0 saturated carbocycles. The van der Waals surface area contributed by atoms with E-state index in [2.05, 4.69) is 31.0 Å². The third-order valence-electron chi connectivity index (χ3n) is 4.03. The van der Waals surface area contributed by atoms with Crippen LogP contribution in [0.1, 0.15) is 59.3 Å². The third-order valence-corrected chi connectivity index (χ3v) is 4.03. The fourth-order valence-corrected chi connectivity index (χ4v) is 2.80. The Balaban J connectivity index is 2.05. The SMILES string of the molecule is CCCNC(C)CCCN1CCCC(CC)C1. The summed E-state index contributed by atoms with van der Waals surface area (Å²) in [6, 6.07) is 0.696. The zero-order valence-corrected chi connectivity index (χ0v) is 12.2. The lowest BCUT2D eigenvalue weighted by Gasteiger charge is -2.32. The molecular weight excluding hydrogens is 208 g/mol. The van der Waals surface area contributed by atoms with Gasteiger partial charge in [0.1, 0.15) is 0 Å². The molecule has 1 aliphatic heterocycles. The summed E-state index contributed by atoms with van der Waals surface area (Å²) in [5, 5.41) is 3.57. The van der Waals surface area contributed by atoms with Crippen LogP contribution in [0.4, 0.5) is 0 Å². The van der Waals surface area contributed by atoms with Gasteiger partial charge in [-0.25, -0.2) is 0 Å². The van der Waals surface area contributed by atoms with Gasteiger partial charge in [-0.3, -0.25) is 0 Å². The Bertz CT molecular complexity index is 182. The molecule has 0 bridgehead atoms. The van der Waals surface area contributed by atoms with Gasteiger partial charge in [-0.05, 0) is 64.6 Å². The second kappa shape index (κ2) is 8.93. The van der Waals surface area contributed by atoms with Crippen LogP contribution in [0.5, 0.6) is 0 Å². The van der Waals surface area contributed by atoms with E-state index < -0.39 is 0 Å². The molecule has 0 aromatic carbocycles. The minimum Gasteiger partial charge on any atom is -0.314 e. The molecule has 1 fully saturated rings. The van der Waals surface area contributed by atoms with Crippen LogP contribution < -0.4 is 5.32 Å². The van der Waals surface area contributed by atoms with Crippen molar-refractivity contribution in [1.29, 1.82) is 0 Å². The van der Waals surface area contributed by atoms with Gasteiger partial charge in [-0.1, -0.05) is 20.3 Å². The minimum absolute atomic E-state index is 0.696. The fraction of sp³-hybridized carbons (Fsp3) is 1.00. The highest BCUT2D eigenvalue weighted by atomic mass is 15.1. The molecule has 1 heterocycles. The highest BCUT2D eigenvalue weighted by molar-refractivity contribution is 4.72. The van der Waals surface area contributed by atoms with Gasteiger partial charge in [-0.2, -0.15) is 0 Å². The summed E-state index contributed by atoms with van der Waals surface area (Å²) in [6.07, 6.45) is 8.17. The van der Waals surface area contributed by atoms with Gasteiger partial charge in [0.15, 0.2) is 0 Å². The predicted octanol–water partition coefficient (Wildman–Crippen LogP) is 3.28. The van der Waals surface area contributed by atoms with Crippen molar-refractivity contribution >= 4 is 0 Å². The Hall–Kier alpha value is -0.0800. The number of hydrogen-bond acceptors (Lipinski definition) is 2. The van der Waals surface area contributed by atoms with Crippen LogP contribution in [-0.2, 0) is 0 Å². The second-order valence-corrected chi connectivity index (χ2v) is 5.71. The van der Waals surface area contributed by atoms with Gasteiger partial charge in [0.25, 0.3) is 0 Å². The van der Waals surface area contributed by atoms with E-state index in [4.69, 9.17) is 0 Å². The molecule has 0 amide bonds. The van der Waals surface area contributed by atoms with Crippen molar-refractivity contribution in [3.63, 3.8) is 0 Å². The fourth-order valence-electron chi connectivity index (χ4n) is 2.80. The molecule has 0 aliphatic carbocycles. The normalized spacial score (nSPS) is 23.8. The first-order chi connectivity index (χ1) is 8.26. The molecule has 2 nitrogen and oxygen atoms in total. The van der Waals surface area contributed by atoms with Gasteiger partial charge >= 0.3 is 0 Å². The maximum atomic E-state index is 3.57. The molecule has 102 valence electrons. The highest BCUT2D eigenvalue weighted by Gasteiger charge is 2.17. The van der Waals surface area contributed by atoms with E-state index in [0.717, 1.165) is 5.92 Å². The summed E-state index contributed by atoms with van der Waals surface area (Å²) in [5.41, 5.74) is 0. The van der Waals surface area contributed by atoms with Crippen LogP contribution in [0, 0.1) is 5.92 Å². The number of likely N-dealkylation sites (tertiary alicyclic amines) is 1. The van der Waals surface area contributed by atoms with Crippen LogP contribution in [0.3, 0.4) is 0 Å². The molecule has 2 atom stereocenters. The average molecular weight is 240 g/mol. The summed E-state index contributed by atoms with van der Waals surface area (Å²) >= 11 is 0. The average Bonchev–Trinajstić information content (AvgIpc) is 2.36. The minimum atomic E-state index is 0.696. The van der Waals surface area contributed by atoms with Crippen LogP contribution in [-0.4, -0.2) is 37.1 Å². The van der Waals surface area contributed by atoms with Crippen molar-refractivity contribution in [2.24, 2.45) is 5.92 Å². The van der Waals surface area contributed by atoms with Crippen molar-refractivity contribution < 1.29 is 0 Å². The second-order valence-electron chi connectivity index (χ2n) is 5.71. The molecular formula is C15H32N2. The molecule has 0 aromatic rings. The first-order valence-corrected chi connectivity index (χ1v) is 7.72. The third kappa shape index (κ3) is 6.42. The summed E-state index contributed by atoms with van der Waals surface area (Å²) in [5.74, 6) is 0.972. The lowest BCUT2D eigenvalue weighted by atomic mass is 9.95. The Morgan fingerprint density at radius 3 is 2.88 bits per heavy atom. The summed E-state index contributed by atoms with van der Waals surface area (Å²) in [6.45, 7) is 12.1. The number of piperidine rings is 1. The van der Waals surface area contributed by atoms with Gasteiger partial charge in [0.2, 0.25) is 0 Å². The van der Waals surface area contributed by atoms with E-state index >= 15 is 0 Å². The van der Waals surface area contributed by atoms with E-state index in [-0.39, 0.29) is 0 Å². The quantitative estimate of drug-likeness (QED) is 0.700. The van der Waals surface area contributed by atoms with Crippen LogP contribution in [0.2, 0.25) is 0 Å². The van der Waals surface area contributed by atoms with Gasteiger partial charge in [-0.15, -0.1) is 0 Å². The Kier molecular flexibility index (Phi) is 7.87. The topological polar surface area (TPSA) is 15.3 Å². The first-order valence-electron chi connectivity index (χ1n) is 7.72. The largest absolute Gasteiger partial charge is 0.314 e. The summed E-state index contributed by atoms with van der Waals surface area (Å²) in [7, 11) is 0. The molecule has 0 aromatic heterocycles. The number of nitrogens with one attached hydrogen (secondary N) is 1. The Morgan fingerprint density at radius 2 is 2.18 bits per heavy atom. The van der Waals surface area contributed by atoms with Gasteiger partial charge in [0.05, 0.1) is 0 Å². The van der Waals surface area contributed by atoms with Gasteiger partial charge in [0, 0.05) is 12.6 Å². The molecule has 17 heavy (non-hydrogen) atoms. The monoisotopic (exact) mass is 240 g/mol. The van der Waals surface area contributed by atoms with E-state index in [1.165, 1.54) is 64.7 Å². The van der Waals surface area contributed by atoms with E-state index in [1.807, 2.05) is 0 Å². The van der Waals surface area contributed by atoms with Crippen molar-refractivity contribution in [3.05, 3.63) is 0 Å². The molecule has 0 radical (unpaired) electrons. The van der Waals surface area contributed by atoms with Crippen molar-refractivity contribution in [2.45, 2.75) is 65.3 Å². The summed E-state index contributed by atoms with van der Waals surface area (Å²) < 4.78 is 0. The van der Waals surface area contributed by atoms with Gasteiger partial charge < -0.3 is 10.2 Å². The molecule has 1 saturated heterocycles. The molecule has 0 spiro atoms. The van der Waals surface area contributed by atoms with Crippen LogP contribution in [0.15, 0.2) is 0 Å². The van der Waals surface area contributed by atoms with Crippen molar-refractivity contribution in [3.8, 4) is 0 Å². The number of rotatable bonds is 8. The number of nitrogens with zero attached hydrogens (tertiary/aromatic N) is 1. The molecule has 2 unspecified atom stereocenters. The smallest absolute Gasteiger partial charge is 0.00391 e. The van der Waals surface area contributed by atoms with E-state index in [9.17, 15) is 0 Å². The number of hydrogen-bond donors (Lipinski definition) is 1. The van der Waals surface area contributed by atoms with Crippen molar-refractivity contribution in [2.75, 3.05) is 26.2 Å². The van der Waals surface area contributed by atoms with E-state index in [0.29, 0.717) is 6.04 Å². The predicted molar refractivity (Wildman–Crippen MR) is 76.4 cm³/mol. The molecule has 1 rings (SSSR count). The summed E-state index contributed by atoms with van der Waals surface area (Å²) in [4.78, 5) is 2.68. The van der Waals surface area contributed by atoms with Crippen LogP contribution in [0.25, 0.3) is 0 Å². The molecule has 1 aliphatic rings. The first kappa shape index (κ1) is 15.0.